The van der Waals surface area contributed by atoms with Gasteiger partial charge in [0, 0.05) is 0 Å². The van der Waals surface area contributed by atoms with Crippen molar-refractivity contribution in [3.05, 3.63) is 12.2 Å². The number of hydrogen-bond donors (Lipinski definition) is 1. The average Bonchev–Trinajstić information content (AvgIpc) is 2.43. The SMILES string of the molecule is CC(C)(O)C1(Cl)CC2C=CC1C2. The van der Waals surface area contributed by atoms with E-state index in [1.807, 2.05) is 13.8 Å². The molecule has 1 N–H and O–H groups in total. The summed E-state index contributed by atoms with van der Waals surface area (Å²) in [4.78, 5) is -0.410. The average molecular weight is 187 g/mol. The van der Waals surface area contributed by atoms with E-state index in [4.69, 9.17) is 11.6 Å². The summed E-state index contributed by atoms with van der Waals surface area (Å²) in [6.07, 6.45) is 6.46. The van der Waals surface area contributed by atoms with Crippen LogP contribution in [-0.2, 0) is 0 Å². The molecule has 1 saturated carbocycles. The number of allylic oxidation sites excluding steroid dienone is 2. The summed E-state index contributed by atoms with van der Waals surface area (Å²) < 4.78 is 0. The number of hydrogen-bond acceptors (Lipinski definition) is 1. The summed E-state index contributed by atoms with van der Waals surface area (Å²) in [5.41, 5.74) is -0.765. The Kier molecular flexibility index (Phi) is 1.62. The smallest absolute Gasteiger partial charge is 0.0795 e. The van der Waals surface area contributed by atoms with Gasteiger partial charge in [-0.25, -0.2) is 0 Å². The van der Waals surface area contributed by atoms with Gasteiger partial charge in [0.2, 0.25) is 0 Å². The van der Waals surface area contributed by atoms with Gasteiger partial charge >= 0.3 is 0 Å². The van der Waals surface area contributed by atoms with E-state index in [-0.39, 0.29) is 0 Å². The lowest BCUT2D eigenvalue weighted by Crippen LogP contribution is -2.48. The van der Waals surface area contributed by atoms with Crippen molar-refractivity contribution in [1.29, 1.82) is 0 Å². The van der Waals surface area contributed by atoms with Crippen molar-refractivity contribution in [1.82, 2.24) is 0 Å². The van der Waals surface area contributed by atoms with Gasteiger partial charge in [-0.2, -0.15) is 0 Å². The Labute approximate surface area is 78.4 Å². The Hall–Kier alpha value is -0.0100. The van der Waals surface area contributed by atoms with E-state index in [1.54, 1.807) is 0 Å². The van der Waals surface area contributed by atoms with Gasteiger partial charge < -0.3 is 5.11 Å². The minimum Gasteiger partial charge on any atom is -0.389 e. The molecule has 68 valence electrons. The zero-order valence-electron chi connectivity index (χ0n) is 7.55. The van der Waals surface area contributed by atoms with Crippen molar-refractivity contribution in [3.8, 4) is 0 Å². The van der Waals surface area contributed by atoms with Crippen LogP contribution < -0.4 is 0 Å². The summed E-state index contributed by atoms with van der Waals surface area (Å²) in [7, 11) is 0. The molecule has 0 aromatic rings. The first-order chi connectivity index (χ1) is 5.43. The second kappa shape index (κ2) is 2.27. The molecule has 1 fully saturated rings. The molecule has 2 aliphatic carbocycles. The largest absolute Gasteiger partial charge is 0.389 e. The Morgan fingerprint density at radius 2 is 2.17 bits per heavy atom. The molecule has 1 nitrogen and oxygen atoms in total. The van der Waals surface area contributed by atoms with Crippen LogP contribution in [0.3, 0.4) is 0 Å². The fourth-order valence-electron chi connectivity index (χ4n) is 2.50. The third-order valence-corrected chi connectivity index (χ3v) is 4.23. The quantitative estimate of drug-likeness (QED) is 0.492. The first kappa shape index (κ1) is 8.58. The van der Waals surface area contributed by atoms with Gasteiger partial charge in [0.25, 0.3) is 0 Å². The Bertz CT molecular complexity index is 228. The zero-order valence-corrected chi connectivity index (χ0v) is 8.30. The van der Waals surface area contributed by atoms with Crippen molar-refractivity contribution in [2.24, 2.45) is 11.8 Å². The molecule has 0 amide bonds. The van der Waals surface area contributed by atoms with Crippen LogP contribution in [0.15, 0.2) is 12.2 Å². The predicted octanol–water partition coefficient (Wildman–Crippen LogP) is 2.33. The minimum atomic E-state index is -0.765. The highest BCUT2D eigenvalue weighted by atomic mass is 35.5. The van der Waals surface area contributed by atoms with Gasteiger partial charge in [0.1, 0.15) is 0 Å². The predicted molar refractivity (Wildman–Crippen MR) is 50.2 cm³/mol. The van der Waals surface area contributed by atoms with Gasteiger partial charge in [-0.15, -0.1) is 11.6 Å². The lowest BCUT2D eigenvalue weighted by Gasteiger charge is -2.39. The molecule has 2 bridgehead atoms. The third-order valence-electron chi connectivity index (χ3n) is 3.34. The molecule has 0 heterocycles. The highest BCUT2D eigenvalue weighted by Gasteiger charge is 2.55. The van der Waals surface area contributed by atoms with Crippen LogP contribution >= 0.6 is 11.6 Å². The minimum absolute atomic E-state index is 0.379. The molecule has 3 unspecified atom stereocenters. The number of aliphatic hydroxyl groups is 1. The van der Waals surface area contributed by atoms with Crippen molar-refractivity contribution in [2.75, 3.05) is 0 Å². The van der Waals surface area contributed by atoms with Crippen LogP contribution in [0.2, 0.25) is 0 Å². The summed E-state index contributed by atoms with van der Waals surface area (Å²) >= 11 is 6.44. The lowest BCUT2D eigenvalue weighted by molar-refractivity contribution is 0.0222. The second-order valence-electron chi connectivity index (χ2n) is 4.61. The van der Waals surface area contributed by atoms with Crippen LogP contribution in [-0.4, -0.2) is 15.6 Å². The summed E-state index contributed by atoms with van der Waals surface area (Å²) in [6.45, 7) is 3.63. The summed E-state index contributed by atoms with van der Waals surface area (Å²) in [5, 5.41) is 9.93. The number of fused-ring (bicyclic) bond motifs is 2. The Balaban J connectivity index is 2.30. The monoisotopic (exact) mass is 186 g/mol. The van der Waals surface area contributed by atoms with Crippen LogP contribution in [0.1, 0.15) is 26.7 Å². The van der Waals surface area contributed by atoms with Crippen LogP contribution in [0, 0.1) is 11.8 Å². The van der Waals surface area contributed by atoms with Gasteiger partial charge in [-0.3, -0.25) is 0 Å². The summed E-state index contributed by atoms with van der Waals surface area (Å²) in [6, 6.07) is 0. The molecule has 0 aliphatic heterocycles. The topological polar surface area (TPSA) is 20.2 Å². The molecule has 0 spiro atoms. The normalized spacial score (nSPS) is 45.7. The maximum atomic E-state index is 9.93. The van der Waals surface area contributed by atoms with Crippen molar-refractivity contribution >= 4 is 11.6 Å². The highest BCUT2D eigenvalue weighted by molar-refractivity contribution is 6.25. The lowest BCUT2D eigenvalue weighted by atomic mass is 9.80. The number of rotatable bonds is 1. The first-order valence-corrected chi connectivity index (χ1v) is 4.91. The van der Waals surface area contributed by atoms with Gasteiger partial charge in [-0.1, -0.05) is 12.2 Å². The molecule has 3 atom stereocenters. The van der Waals surface area contributed by atoms with E-state index in [2.05, 4.69) is 12.2 Å². The molecule has 12 heavy (non-hydrogen) atoms. The van der Waals surface area contributed by atoms with Gasteiger partial charge in [0.05, 0.1) is 10.5 Å². The van der Waals surface area contributed by atoms with Crippen molar-refractivity contribution in [2.45, 2.75) is 37.2 Å². The second-order valence-corrected chi connectivity index (χ2v) is 5.29. The van der Waals surface area contributed by atoms with E-state index in [1.165, 1.54) is 0 Å². The van der Waals surface area contributed by atoms with Gasteiger partial charge in [-0.05, 0) is 38.5 Å². The third kappa shape index (κ3) is 0.961. The van der Waals surface area contributed by atoms with E-state index >= 15 is 0 Å². The van der Waals surface area contributed by atoms with Crippen LogP contribution in [0.25, 0.3) is 0 Å². The fourth-order valence-corrected chi connectivity index (χ4v) is 2.86. The Morgan fingerprint density at radius 1 is 1.50 bits per heavy atom. The van der Waals surface area contributed by atoms with Crippen molar-refractivity contribution in [3.63, 3.8) is 0 Å². The maximum Gasteiger partial charge on any atom is 0.0795 e. The fraction of sp³-hybridized carbons (Fsp3) is 0.800. The van der Waals surface area contributed by atoms with Crippen molar-refractivity contribution < 1.29 is 5.11 Å². The molecule has 2 aliphatic rings. The van der Waals surface area contributed by atoms with Gasteiger partial charge in [0.15, 0.2) is 0 Å². The molecule has 2 heteroatoms. The first-order valence-electron chi connectivity index (χ1n) is 4.53. The van der Waals surface area contributed by atoms with E-state index in [0.717, 1.165) is 12.8 Å². The van der Waals surface area contributed by atoms with Crippen LogP contribution in [0.4, 0.5) is 0 Å². The van der Waals surface area contributed by atoms with E-state index in [9.17, 15) is 5.11 Å². The molecular weight excluding hydrogens is 172 g/mol. The number of alkyl halides is 1. The molecule has 0 saturated heterocycles. The summed E-state index contributed by atoms with van der Waals surface area (Å²) in [5.74, 6) is 0.989. The molecule has 0 aromatic carbocycles. The maximum absolute atomic E-state index is 9.93. The van der Waals surface area contributed by atoms with E-state index < -0.39 is 10.5 Å². The molecule has 2 rings (SSSR count). The Morgan fingerprint density at radius 3 is 2.42 bits per heavy atom. The van der Waals surface area contributed by atoms with E-state index in [0.29, 0.717) is 11.8 Å². The molecule has 0 radical (unpaired) electrons. The zero-order chi connectivity index (χ0) is 8.98. The van der Waals surface area contributed by atoms with Crippen LogP contribution in [0.5, 0.6) is 0 Å². The standard InChI is InChI=1S/C10H15ClO/c1-9(2,12)10(11)6-7-3-4-8(10)5-7/h3-4,7-8,12H,5-6H2,1-2H3. The highest BCUT2D eigenvalue weighted by Crippen LogP contribution is 2.54. The molecule has 0 aromatic heterocycles. The number of halogens is 1. The molecular formula is C10H15ClO.